The summed E-state index contributed by atoms with van der Waals surface area (Å²) in [6, 6.07) is 15.8. The molecule has 4 rings (SSSR count). The summed E-state index contributed by atoms with van der Waals surface area (Å²) in [7, 11) is -3.44. The Labute approximate surface area is 168 Å². The molecule has 1 aromatic heterocycles. The zero-order valence-corrected chi connectivity index (χ0v) is 16.7. The molecule has 0 atom stereocenters. The Morgan fingerprint density at radius 2 is 1.68 bits per heavy atom. The third-order valence-corrected chi connectivity index (χ3v) is 6.93. The molecule has 0 spiro atoms. The predicted octanol–water partition coefficient (Wildman–Crippen LogP) is 1.48. The van der Waals surface area contributed by atoms with Crippen LogP contribution in [-0.4, -0.2) is 49.1 Å². The summed E-state index contributed by atoms with van der Waals surface area (Å²) in [6.07, 6.45) is 0. The number of hydrogen-bond acceptors (Lipinski definition) is 5. The van der Waals surface area contributed by atoms with E-state index in [2.05, 4.69) is 10.2 Å². The number of halogens is 1. The number of rotatable bonds is 5. The number of quaternary nitrogens is 1. The Morgan fingerprint density at radius 3 is 2.36 bits per heavy atom. The molecular weight excluding hydrogens is 400 g/mol. The fourth-order valence-corrected chi connectivity index (χ4v) is 4.80. The summed E-state index contributed by atoms with van der Waals surface area (Å²) < 4.78 is 32.7. The van der Waals surface area contributed by atoms with Crippen molar-refractivity contribution < 1.29 is 17.7 Å². The van der Waals surface area contributed by atoms with Crippen molar-refractivity contribution in [1.82, 2.24) is 14.5 Å². The van der Waals surface area contributed by atoms with Gasteiger partial charge in [0.2, 0.25) is 15.9 Å². The van der Waals surface area contributed by atoms with Crippen molar-refractivity contribution >= 4 is 21.6 Å². The predicted molar refractivity (Wildman–Crippen MR) is 104 cm³/mol. The molecule has 0 aliphatic carbocycles. The Hall–Kier alpha value is -2.26. The summed E-state index contributed by atoms with van der Waals surface area (Å²) in [5.41, 5.74) is 0.817. The highest BCUT2D eigenvalue weighted by atomic mass is 35.5. The lowest BCUT2D eigenvalue weighted by atomic mass is 10.2. The van der Waals surface area contributed by atoms with E-state index in [0.29, 0.717) is 54.4 Å². The average Bonchev–Trinajstić information content (AvgIpc) is 3.18. The summed E-state index contributed by atoms with van der Waals surface area (Å²) in [5, 5.41) is 8.87. The Kier molecular flexibility index (Phi) is 5.45. The first kappa shape index (κ1) is 19.1. The fourth-order valence-electron chi connectivity index (χ4n) is 3.21. The maximum atomic E-state index is 12.7. The van der Waals surface area contributed by atoms with Gasteiger partial charge in [-0.3, -0.25) is 0 Å². The van der Waals surface area contributed by atoms with E-state index in [4.69, 9.17) is 16.0 Å². The van der Waals surface area contributed by atoms with E-state index >= 15 is 0 Å². The molecule has 7 nitrogen and oxygen atoms in total. The quantitative estimate of drug-likeness (QED) is 0.677. The number of nitrogens with zero attached hydrogens (tertiary/aromatic N) is 3. The Morgan fingerprint density at radius 1 is 1.00 bits per heavy atom. The molecule has 2 aromatic carbocycles. The van der Waals surface area contributed by atoms with Crippen LogP contribution in [0.5, 0.6) is 0 Å². The van der Waals surface area contributed by atoms with Crippen molar-refractivity contribution in [2.45, 2.75) is 11.4 Å². The molecule has 146 valence electrons. The number of aromatic nitrogens is 2. The lowest BCUT2D eigenvalue weighted by Gasteiger charge is -2.30. The van der Waals surface area contributed by atoms with E-state index in [0.717, 1.165) is 5.56 Å². The maximum absolute atomic E-state index is 12.7. The van der Waals surface area contributed by atoms with Crippen LogP contribution in [0.1, 0.15) is 5.89 Å². The molecule has 0 bridgehead atoms. The highest BCUT2D eigenvalue weighted by Crippen LogP contribution is 2.20. The third kappa shape index (κ3) is 4.10. The van der Waals surface area contributed by atoms with E-state index in [-0.39, 0.29) is 0 Å². The van der Waals surface area contributed by atoms with Crippen LogP contribution in [0.3, 0.4) is 0 Å². The molecule has 2 heterocycles. The van der Waals surface area contributed by atoms with Crippen molar-refractivity contribution in [3.05, 3.63) is 65.5 Å². The van der Waals surface area contributed by atoms with E-state index in [1.807, 2.05) is 18.2 Å². The zero-order chi connectivity index (χ0) is 19.6. The van der Waals surface area contributed by atoms with Crippen molar-refractivity contribution in [3.63, 3.8) is 0 Å². The van der Waals surface area contributed by atoms with Gasteiger partial charge in [0.25, 0.3) is 5.89 Å². The SMILES string of the molecule is O=S(=O)(c1ccccc1)N1CC[NH+](Cc2nnc(-c3ccc(Cl)cc3)o2)CC1. The second-order valence-corrected chi connectivity index (χ2v) is 9.03. The van der Waals surface area contributed by atoms with Crippen molar-refractivity contribution in [3.8, 4) is 11.5 Å². The summed E-state index contributed by atoms with van der Waals surface area (Å²) in [5.74, 6) is 0.996. The van der Waals surface area contributed by atoms with Gasteiger partial charge in [-0.2, -0.15) is 4.31 Å². The van der Waals surface area contributed by atoms with E-state index < -0.39 is 10.0 Å². The van der Waals surface area contributed by atoms with Crippen LogP contribution in [-0.2, 0) is 16.6 Å². The second-order valence-electron chi connectivity index (χ2n) is 6.65. The van der Waals surface area contributed by atoms with Crippen molar-refractivity contribution in [2.75, 3.05) is 26.2 Å². The largest absolute Gasteiger partial charge is 0.415 e. The van der Waals surface area contributed by atoms with Crippen molar-refractivity contribution in [1.29, 1.82) is 0 Å². The van der Waals surface area contributed by atoms with Gasteiger partial charge in [-0.25, -0.2) is 8.42 Å². The number of hydrogen-bond donors (Lipinski definition) is 1. The van der Waals surface area contributed by atoms with E-state index in [1.54, 1.807) is 40.7 Å². The molecule has 9 heteroatoms. The summed E-state index contributed by atoms with van der Waals surface area (Å²) in [4.78, 5) is 1.55. The molecule has 1 fully saturated rings. The molecule has 1 aliphatic heterocycles. The highest BCUT2D eigenvalue weighted by Gasteiger charge is 2.31. The molecular formula is C19H20ClN4O3S+. The van der Waals surface area contributed by atoms with E-state index in [1.165, 1.54) is 4.90 Å². The van der Waals surface area contributed by atoms with Gasteiger partial charge in [0, 0.05) is 10.6 Å². The topological polar surface area (TPSA) is 80.7 Å². The van der Waals surface area contributed by atoms with Crippen molar-refractivity contribution in [2.24, 2.45) is 0 Å². The normalized spacial score (nSPS) is 16.3. The number of sulfonamides is 1. The molecule has 0 amide bonds. The van der Waals surface area contributed by atoms with E-state index in [9.17, 15) is 8.42 Å². The molecule has 28 heavy (non-hydrogen) atoms. The minimum Gasteiger partial charge on any atom is -0.415 e. The van der Waals surface area contributed by atoms with Gasteiger partial charge in [-0.1, -0.05) is 29.8 Å². The van der Waals surface area contributed by atoms with Gasteiger partial charge in [0.15, 0.2) is 6.54 Å². The molecule has 3 aromatic rings. The number of piperazine rings is 1. The van der Waals surface area contributed by atoms with Crippen LogP contribution in [0.25, 0.3) is 11.5 Å². The van der Waals surface area contributed by atoms with Gasteiger partial charge < -0.3 is 9.32 Å². The van der Waals surface area contributed by atoms with Gasteiger partial charge in [0.05, 0.1) is 31.1 Å². The smallest absolute Gasteiger partial charge is 0.271 e. The molecule has 1 N–H and O–H groups in total. The van der Waals surface area contributed by atoms with Crippen LogP contribution in [0.4, 0.5) is 0 Å². The number of nitrogens with one attached hydrogen (secondary N) is 1. The van der Waals surface area contributed by atoms with Crippen LogP contribution in [0.2, 0.25) is 5.02 Å². The number of benzene rings is 2. The standard InChI is InChI=1S/C19H19ClN4O3S/c20-16-8-6-15(7-9-16)19-22-21-18(27-19)14-23-10-12-24(13-11-23)28(25,26)17-4-2-1-3-5-17/h1-9H,10-14H2/p+1. The maximum Gasteiger partial charge on any atom is 0.271 e. The fraction of sp³-hybridized carbons (Fsp3) is 0.263. The average molecular weight is 420 g/mol. The zero-order valence-electron chi connectivity index (χ0n) is 15.1. The van der Waals surface area contributed by atoms with Gasteiger partial charge in [0.1, 0.15) is 0 Å². The molecule has 1 aliphatic rings. The molecule has 1 saturated heterocycles. The first-order chi connectivity index (χ1) is 13.5. The molecule has 0 saturated carbocycles. The van der Waals surface area contributed by atoms with Crippen LogP contribution in [0, 0.1) is 0 Å². The van der Waals surface area contributed by atoms with Crippen LogP contribution >= 0.6 is 11.6 Å². The van der Waals surface area contributed by atoms with Gasteiger partial charge in [-0.05, 0) is 36.4 Å². The van der Waals surface area contributed by atoms with Crippen LogP contribution < -0.4 is 4.90 Å². The molecule has 0 unspecified atom stereocenters. The highest BCUT2D eigenvalue weighted by molar-refractivity contribution is 7.89. The summed E-state index contributed by atoms with van der Waals surface area (Å²) in [6.45, 7) is 2.87. The third-order valence-electron chi connectivity index (χ3n) is 4.77. The Bertz CT molecular complexity index is 1030. The second kappa shape index (κ2) is 8.00. The lowest BCUT2D eigenvalue weighted by Crippen LogP contribution is -3.13. The minimum atomic E-state index is -3.44. The van der Waals surface area contributed by atoms with Gasteiger partial charge in [-0.15, -0.1) is 10.2 Å². The monoisotopic (exact) mass is 419 g/mol. The van der Waals surface area contributed by atoms with Gasteiger partial charge >= 0.3 is 0 Å². The first-order valence-corrected chi connectivity index (χ1v) is 10.8. The Balaban J connectivity index is 1.37. The molecule has 0 radical (unpaired) electrons. The lowest BCUT2D eigenvalue weighted by molar-refractivity contribution is -0.918. The first-order valence-electron chi connectivity index (χ1n) is 8.99. The minimum absolute atomic E-state index is 0.336. The summed E-state index contributed by atoms with van der Waals surface area (Å²) >= 11 is 5.90. The van der Waals surface area contributed by atoms with Crippen LogP contribution in [0.15, 0.2) is 63.9 Å².